The molecule has 1 saturated carbocycles. The van der Waals surface area contributed by atoms with E-state index in [2.05, 4.69) is 0 Å². The number of carboxylic acids is 1. The summed E-state index contributed by atoms with van der Waals surface area (Å²) in [5.41, 5.74) is 0. The summed E-state index contributed by atoms with van der Waals surface area (Å²) in [5, 5.41) is 8.78. The van der Waals surface area contributed by atoms with Crippen LogP contribution in [-0.2, 0) is 9.59 Å². The Morgan fingerprint density at radius 3 is 2.55 bits per heavy atom. The molecule has 1 aromatic carbocycles. The lowest BCUT2D eigenvalue weighted by molar-refractivity contribution is -0.141. The minimum atomic E-state index is -0.917. The number of ether oxygens (including phenoxy) is 1. The van der Waals surface area contributed by atoms with Crippen molar-refractivity contribution in [1.29, 1.82) is 0 Å². The third kappa shape index (κ3) is 3.46. The predicted molar refractivity (Wildman–Crippen MR) is 68.8 cm³/mol. The summed E-state index contributed by atoms with van der Waals surface area (Å²) in [5.74, 6) is -1.83. The average molecular weight is 281 g/mol. The second-order valence-electron chi connectivity index (χ2n) is 4.85. The molecule has 20 heavy (non-hydrogen) atoms. The number of benzene rings is 1. The van der Waals surface area contributed by atoms with E-state index in [0.717, 1.165) is 0 Å². The van der Waals surface area contributed by atoms with Crippen molar-refractivity contribution < 1.29 is 23.8 Å². The molecule has 0 spiro atoms. The van der Waals surface area contributed by atoms with Gasteiger partial charge in [0.2, 0.25) is 5.91 Å². The summed E-state index contributed by atoms with van der Waals surface area (Å²) in [4.78, 5) is 24.0. The molecule has 0 bridgehead atoms. The topological polar surface area (TPSA) is 66.8 Å². The normalized spacial score (nSPS) is 20.3. The van der Waals surface area contributed by atoms with Gasteiger partial charge in [-0.3, -0.25) is 9.59 Å². The van der Waals surface area contributed by atoms with E-state index in [1.165, 1.54) is 29.2 Å². The van der Waals surface area contributed by atoms with Gasteiger partial charge >= 0.3 is 5.97 Å². The Balaban J connectivity index is 1.73. The predicted octanol–water partition coefficient (Wildman–Crippen LogP) is 1.38. The molecule has 1 aromatic rings. The number of amides is 1. The fourth-order valence-electron chi connectivity index (χ4n) is 1.97. The quantitative estimate of drug-likeness (QED) is 0.855. The summed E-state index contributed by atoms with van der Waals surface area (Å²) >= 11 is 0. The molecule has 1 fully saturated rings. The maximum atomic E-state index is 12.7. The SMILES string of the molecule is CN(CCOc1ccc(F)cc1)C(=O)C1CC1C(=O)O. The van der Waals surface area contributed by atoms with E-state index in [9.17, 15) is 14.0 Å². The Morgan fingerprint density at radius 2 is 2.00 bits per heavy atom. The minimum absolute atomic E-state index is 0.167. The van der Waals surface area contributed by atoms with E-state index in [-0.39, 0.29) is 18.3 Å². The third-order valence-electron chi connectivity index (χ3n) is 3.31. The van der Waals surface area contributed by atoms with Gasteiger partial charge in [0.1, 0.15) is 18.2 Å². The van der Waals surface area contributed by atoms with Crippen LogP contribution in [0.25, 0.3) is 0 Å². The molecule has 108 valence electrons. The highest BCUT2D eigenvalue weighted by atomic mass is 19.1. The Kier molecular flexibility index (Phi) is 4.22. The van der Waals surface area contributed by atoms with Crippen LogP contribution in [0.1, 0.15) is 6.42 Å². The van der Waals surface area contributed by atoms with Gasteiger partial charge in [0.05, 0.1) is 18.4 Å². The Bertz CT molecular complexity index is 502. The van der Waals surface area contributed by atoms with Gasteiger partial charge in [-0.2, -0.15) is 0 Å². The number of likely N-dealkylation sites (N-methyl/N-ethyl adjacent to an activating group) is 1. The summed E-state index contributed by atoms with van der Waals surface area (Å²) in [7, 11) is 1.62. The van der Waals surface area contributed by atoms with E-state index < -0.39 is 17.8 Å². The van der Waals surface area contributed by atoms with E-state index in [0.29, 0.717) is 18.7 Å². The van der Waals surface area contributed by atoms with Gasteiger partial charge in [-0.1, -0.05) is 0 Å². The summed E-state index contributed by atoms with van der Waals surface area (Å²) < 4.78 is 18.1. The molecule has 0 radical (unpaired) electrons. The first kappa shape index (κ1) is 14.3. The molecule has 6 heteroatoms. The van der Waals surface area contributed by atoms with Crippen LogP contribution in [0.15, 0.2) is 24.3 Å². The highest BCUT2D eigenvalue weighted by molar-refractivity contribution is 5.89. The lowest BCUT2D eigenvalue weighted by Gasteiger charge is -2.17. The Labute approximate surface area is 116 Å². The third-order valence-corrected chi connectivity index (χ3v) is 3.31. The summed E-state index contributed by atoms with van der Waals surface area (Å²) in [6.07, 6.45) is 0.414. The van der Waals surface area contributed by atoms with Crippen LogP contribution in [0.3, 0.4) is 0 Å². The number of nitrogens with zero attached hydrogens (tertiary/aromatic N) is 1. The van der Waals surface area contributed by atoms with Crippen LogP contribution in [0.4, 0.5) is 4.39 Å². The fraction of sp³-hybridized carbons (Fsp3) is 0.429. The maximum Gasteiger partial charge on any atom is 0.307 e. The minimum Gasteiger partial charge on any atom is -0.492 e. The van der Waals surface area contributed by atoms with Crippen LogP contribution in [0.2, 0.25) is 0 Å². The first-order valence-corrected chi connectivity index (χ1v) is 6.35. The number of aliphatic carboxylic acids is 1. The summed E-state index contributed by atoms with van der Waals surface area (Å²) in [6.45, 7) is 0.636. The Hall–Kier alpha value is -2.11. The number of halogens is 1. The molecular formula is C14H16FNO4. The van der Waals surface area contributed by atoms with Crippen molar-refractivity contribution in [3.05, 3.63) is 30.1 Å². The standard InChI is InChI=1S/C14H16FNO4/c1-16(13(17)11-8-12(11)14(18)19)6-7-20-10-4-2-9(15)3-5-10/h2-5,11-12H,6-8H2,1H3,(H,18,19). The molecule has 1 amide bonds. The number of hydrogen-bond acceptors (Lipinski definition) is 3. The molecule has 0 aliphatic heterocycles. The van der Waals surface area contributed by atoms with Crippen molar-refractivity contribution in [2.75, 3.05) is 20.2 Å². The Morgan fingerprint density at radius 1 is 1.35 bits per heavy atom. The molecule has 0 aromatic heterocycles. The van der Waals surface area contributed by atoms with Gasteiger partial charge in [-0.05, 0) is 30.7 Å². The second-order valence-corrected chi connectivity index (χ2v) is 4.85. The average Bonchev–Trinajstić information content (AvgIpc) is 3.20. The number of carboxylic acid groups (broad SMARTS) is 1. The van der Waals surface area contributed by atoms with Gasteiger partial charge in [0, 0.05) is 7.05 Å². The molecule has 1 aliphatic carbocycles. The zero-order chi connectivity index (χ0) is 14.7. The number of hydrogen-bond donors (Lipinski definition) is 1. The molecule has 2 atom stereocenters. The maximum absolute atomic E-state index is 12.7. The molecule has 0 saturated heterocycles. The smallest absolute Gasteiger partial charge is 0.307 e. The monoisotopic (exact) mass is 281 g/mol. The van der Waals surface area contributed by atoms with Gasteiger partial charge in [-0.25, -0.2) is 4.39 Å². The van der Waals surface area contributed by atoms with Crippen molar-refractivity contribution in [3.63, 3.8) is 0 Å². The van der Waals surface area contributed by atoms with Gasteiger partial charge in [0.25, 0.3) is 0 Å². The van der Waals surface area contributed by atoms with Crippen molar-refractivity contribution in [2.45, 2.75) is 6.42 Å². The van der Waals surface area contributed by atoms with E-state index in [1.807, 2.05) is 0 Å². The van der Waals surface area contributed by atoms with Crippen LogP contribution in [0.5, 0.6) is 5.75 Å². The van der Waals surface area contributed by atoms with Crippen molar-refractivity contribution in [3.8, 4) is 5.75 Å². The zero-order valence-electron chi connectivity index (χ0n) is 11.1. The van der Waals surface area contributed by atoms with Crippen LogP contribution in [-0.4, -0.2) is 42.1 Å². The number of carbonyl (C=O) groups is 2. The van der Waals surface area contributed by atoms with E-state index in [1.54, 1.807) is 7.05 Å². The second kappa shape index (κ2) is 5.90. The number of carbonyl (C=O) groups excluding carboxylic acids is 1. The molecular weight excluding hydrogens is 265 g/mol. The molecule has 1 N–H and O–H groups in total. The van der Waals surface area contributed by atoms with Gasteiger partial charge in [-0.15, -0.1) is 0 Å². The lowest BCUT2D eigenvalue weighted by Crippen LogP contribution is -2.32. The van der Waals surface area contributed by atoms with Crippen LogP contribution >= 0.6 is 0 Å². The molecule has 2 unspecified atom stereocenters. The largest absolute Gasteiger partial charge is 0.492 e. The molecule has 0 heterocycles. The van der Waals surface area contributed by atoms with Crippen molar-refractivity contribution in [2.24, 2.45) is 11.8 Å². The number of rotatable bonds is 6. The van der Waals surface area contributed by atoms with Gasteiger partial charge in [0.15, 0.2) is 0 Å². The van der Waals surface area contributed by atoms with E-state index in [4.69, 9.17) is 9.84 Å². The zero-order valence-corrected chi connectivity index (χ0v) is 11.1. The van der Waals surface area contributed by atoms with Gasteiger partial charge < -0.3 is 14.7 Å². The first-order valence-electron chi connectivity index (χ1n) is 6.35. The molecule has 5 nitrogen and oxygen atoms in total. The fourth-order valence-corrected chi connectivity index (χ4v) is 1.97. The van der Waals surface area contributed by atoms with E-state index >= 15 is 0 Å². The molecule has 2 rings (SSSR count). The van der Waals surface area contributed by atoms with Crippen molar-refractivity contribution in [1.82, 2.24) is 4.90 Å². The summed E-state index contributed by atoms with van der Waals surface area (Å²) in [6, 6.07) is 5.62. The lowest BCUT2D eigenvalue weighted by atomic mass is 10.3. The first-order chi connectivity index (χ1) is 9.49. The highest BCUT2D eigenvalue weighted by Crippen LogP contribution is 2.39. The van der Waals surface area contributed by atoms with Crippen LogP contribution in [0, 0.1) is 17.7 Å². The van der Waals surface area contributed by atoms with Crippen LogP contribution < -0.4 is 4.74 Å². The highest BCUT2D eigenvalue weighted by Gasteiger charge is 2.49. The van der Waals surface area contributed by atoms with Crippen molar-refractivity contribution >= 4 is 11.9 Å². The molecule has 1 aliphatic rings.